The molecule has 0 aliphatic rings. The number of hydrogen-bond donors (Lipinski definition) is 0. The molecular weight excluding hydrogens is 302 g/mol. The Morgan fingerprint density at radius 1 is 1.43 bits per heavy atom. The molecule has 0 bridgehead atoms. The van der Waals surface area contributed by atoms with Crippen LogP contribution in [0.2, 0.25) is 5.02 Å². The molecule has 0 radical (unpaired) electrons. The second-order valence-electron chi connectivity index (χ2n) is 3.86. The molecule has 0 N–H and O–H groups in total. The van der Waals surface area contributed by atoms with Gasteiger partial charge in [-0.2, -0.15) is 5.10 Å². The minimum atomic E-state index is -0.882. The van der Waals surface area contributed by atoms with Gasteiger partial charge in [0.2, 0.25) is 11.1 Å². The topological polar surface area (TPSA) is 104 Å². The van der Waals surface area contributed by atoms with Gasteiger partial charge in [-0.25, -0.2) is 9.48 Å². The van der Waals surface area contributed by atoms with E-state index in [1.54, 1.807) is 0 Å². The molecule has 0 unspecified atom stereocenters. The van der Waals surface area contributed by atoms with Gasteiger partial charge in [0.1, 0.15) is 0 Å². The number of methoxy groups -OCH3 is 1. The summed E-state index contributed by atoms with van der Waals surface area (Å²) in [7, 11) is 1.12. The molecular formula is C12H8ClN3O5. The first-order valence-electron chi connectivity index (χ1n) is 5.56. The number of benzene rings is 1. The van der Waals surface area contributed by atoms with E-state index in [0.29, 0.717) is 0 Å². The maximum Gasteiger partial charge on any atom is 0.362 e. The number of rotatable bonds is 3. The normalized spacial score (nSPS) is 10.2. The van der Waals surface area contributed by atoms with E-state index >= 15 is 0 Å². The van der Waals surface area contributed by atoms with Crippen molar-refractivity contribution in [1.82, 2.24) is 9.78 Å². The molecule has 1 heterocycles. The molecule has 0 aliphatic carbocycles. The van der Waals surface area contributed by atoms with Crippen LogP contribution in [-0.4, -0.2) is 27.8 Å². The number of nitro benzene ring substituents is 1. The Bertz CT molecular complexity index is 787. The van der Waals surface area contributed by atoms with Crippen LogP contribution in [0.4, 0.5) is 5.69 Å². The van der Waals surface area contributed by atoms with E-state index in [9.17, 15) is 19.7 Å². The van der Waals surface area contributed by atoms with Crippen molar-refractivity contribution >= 4 is 23.3 Å². The predicted octanol–water partition coefficient (Wildman–Crippen LogP) is 1.58. The SMILES string of the molecule is COC(=O)c1nn(-c2ccc([N+](=O)[O-])cc2Cl)ccc1=O. The van der Waals surface area contributed by atoms with Gasteiger partial charge in [0, 0.05) is 24.4 Å². The smallest absolute Gasteiger partial charge is 0.362 e. The molecule has 2 rings (SSSR count). The summed E-state index contributed by atoms with van der Waals surface area (Å²) in [5, 5.41) is 14.5. The highest BCUT2D eigenvalue weighted by Gasteiger charge is 2.15. The van der Waals surface area contributed by atoms with Crippen molar-refractivity contribution in [3.05, 3.63) is 61.5 Å². The molecule has 9 heteroatoms. The van der Waals surface area contributed by atoms with Gasteiger partial charge in [-0.3, -0.25) is 14.9 Å². The van der Waals surface area contributed by atoms with Crippen molar-refractivity contribution < 1.29 is 14.5 Å². The molecule has 8 nitrogen and oxygen atoms in total. The van der Waals surface area contributed by atoms with Gasteiger partial charge in [-0.15, -0.1) is 0 Å². The van der Waals surface area contributed by atoms with Gasteiger partial charge in [-0.05, 0) is 6.07 Å². The Balaban J connectivity index is 2.55. The van der Waals surface area contributed by atoms with Gasteiger partial charge in [-0.1, -0.05) is 11.6 Å². The van der Waals surface area contributed by atoms with E-state index in [-0.39, 0.29) is 16.4 Å². The fraction of sp³-hybridized carbons (Fsp3) is 0.0833. The van der Waals surface area contributed by atoms with E-state index in [1.807, 2.05) is 0 Å². The molecule has 108 valence electrons. The number of carbonyl (C=O) groups is 1. The number of nitro groups is 1. The fourth-order valence-electron chi connectivity index (χ4n) is 1.58. The van der Waals surface area contributed by atoms with Gasteiger partial charge in [0.25, 0.3) is 5.69 Å². The molecule has 1 aromatic heterocycles. The van der Waals surface area contributed by atoms with E-state index in [4.69, 9.17) is 11.6 Å². The Labute approximate surface area is 122 Å². The summed E-state index contributed by atoms with van der Waals surface area (Å²) < 4.78 is 5.62. The summed E-state index contributed by atoms with van der Waals surface area (Å²) in [6.45, 7) is 0. The molecule has 0 saturated heterocycles. The third-order valence-corrected chi connectivity index (χ3v) is 2.88. The van der Waals surface area contributed by atoms with Crippen molar-refractivity contribution in [2.45, 2.75) is 0 Å². The zero-order chi connectivity index (χ0) is 15.6. The first-order valence-corrected chi connectivity index (χ1v) is 5.94. The predicted molar refractivity (Wildman–Crippen MR) is 72.8 cm³/mol. The maximum absolute atomic E-state index is 11.5. The quantitative estimate of drug-likeness (QED) is 0.484. The molecule has 2 aromatic rings. The molecule has 0 atom stereocenters. The second kappa shape index (κ2) is 5.71. The molecule has 1 aromatic carbocycles. The fourth-order valence-corrected chi connectivity index (χ4v) is 1.84. The van der Waals surface area contributed by atoms with Crippen molar-refractivity contribution in [2.75, 3.05) is 7.11 Å². The van der Waals surface area contributed by atoms with Gasteiger partial charge >= 0.3 is 5.97 Å². The summed E-state index contributed by atoms with van der Waals surface area (Å²) in [5.74, 6) is -0.882. The van der Waals surface area contributed by atoms with Crippen molar-refractivity contribution in [3.8, 4) is 5.69 Å². The van der Waals surface area contributed by atoms with E-state index in [0.717, 1.165) is 19.2 Å². The highest BCUT2D eigenvalue weighted by molar-refractivity contribution is 6.32. The van der Waals surface area contributed by atoms with Crippen LogP contribution in [0.1, 0.15) is 10.5 Å². The summed E-state index contributed by atoms with van der Waals surface area (Å²) in [6.07, 6.45) is 1.29. The average molecular weight is 310 g/mol. The number of esters is 1. The van der Waals surface area contributed by atoms with Crippen LogP contribution >= 0.6 is 11.6 Å². The van der Waals surface area contributed by atoms with Crippen LogP contribution < -0.4 is 5.43 Å². The number of ether oxygens (including phenoxy) is 1. The van der Waals surface area contributed by atoms with Crippen LogP contribution in [0.3, 0.4) is 0 Å². The highest BCUT2D eigenvalue weighted by atomic mass is 35.5. The Hall–Kier alpha value is -2.74. The summed E-state index contributed by atoms with van der Waals surface area (Å²) >= 11 is 5.95. The minimum absolute atomic E-state index is 0.0520. The van der Waals surface area contributed by atoms with Crippen LogP contribution in [0, 0.1) is 10.1 Å². The number of carbonyl (C=O) groups excluding carboxylic acids is 1. The van der Waals surface area contributed by atoms with E-state index < -0.39 is 22.0 Å². The zero-order valence-electron chi connectivity index (χ0n) is 10.6. The number of aromatic nitrogens is 2. The molecule has 0 spiro atoms. The summed E-state index contributed by atoms with van der Waals surface area (Å²) in [6, 6.07) is 4.86. The van der Waals surface area contributed by atoms with Gasteiger partial charge in [0.05, 0.1) is 22.7 Å². The summed E-state index contributed by atoms with van der Waals surface area (Å²) in [4.78, 5) is 33.0. The Morgan fingerprint density at radius 3 is 2.71 bits per heavy atom. The lowest BCUT2D eigenvalue weighted by atomic mass is 10.3. The Morgan fingerprint density at radius 2 is 2.14 bits per heavy atom. The third-order valence-electron chi connectivity index (χ3n) is 2.58. The number of nitrogens with zero attached hydrogens (tertiary/aromatic N) is 3. The number of halogens is 1. The third kappa shape index (κ3) is 2.90. The van der Waals surface area contributed by atoms with Crippen LogP contribution in [-0.2, 0) is 4.74 Å². The van der Waals surface area contributed by atoms with E-state index in [1.165, 1.54) is 23.0 Å². The van der Waals surface area contributed by atoms with Crippen LogP contribution in [0.15, 0.2) is 35.3 Å². The van der Waals surface area contributed by atoms with Crippen molar-refractivity contribution in [3.63, 3.8) is 0 Å². The van der Waals surface area contributed by atoms with Crippen molar-refractivity contribution in [2.24, 2.45) is 0 Å². The lowest BCUT2D eigenvalue weighted by Gasteiger charge is -2.08. The van der Waals surface area contributed by atoms with Gasteiger partial charge in [0.15, 0.2) is 0 Å². The minimum Gasteiger partial charge on any atom is -0.464 e. The first-order chi connectivity index (χ1) is 9.93. The molecule has 0 fully saturated rings. The Kier molecular flexibility index (Phi) is 3.99. The van der Waals surface area contributed by atoms with Crippen molar-refractivity contribution in [1.29, 1.82) is 0 Å². The standard InChI is InChI=1S/C12H8ClN3O5/c1-21-12(18)11-10(17)4-5-15(14-11)9-3-2-7(16(19)20)6-8(9)13/h2-6H,1H3. The number of hydrogen-bond acceptors (Lipinski definition) is 6. The zero-order valence-corrected chi connectivity index (χ0v) is 11.4. The lowest BCUT2D eigenvalue weighted by molar-refractivity contribution is -0.384. The first kappa shape index (κ1) is 14.7. The second-order valence-corrected chi connectivity index (χ2v) is 4.26. The lowest BCUT2D eigenvalue weighted by Crippen LogP contribution is -2.21. The number of non-ortho nitro benzene ring substituents is 1. The molecule has 0 saturated carbocycles. The highest BCUT2D eigenvalue weighted by Crippen LogP contribution is 2.24. The van der Waals surface area contributed by atoms with Gasteiger partial charge < -0.3 is 4.74 Å². The average Bonchev–Trinajstić information content (AvgIpc) is 2.47. The van der Waals surface area contributed by atoms with Crippen LogP contribution in [0.25, 0.3) is 5.69 Å². The molecule has 0 amide bonds. The maximum atomic E-state index is 11.5. The summed E-state index contributed by atoms with van der Waals surface area (Å²) in [5.41, 5.74) is -0.907. The molecule has 21 heavy (non-hydrogen) atoms. The molecule has 0 aliphatic heterocycles. The van der Waals surface area contributed by atoms with E-state index in [2.05, 4.69) is 9.84 Å². The monoisotopic (exact) mass is 309 g/mol. The largest absolute Gasteiger partial charge is 0.464 e. The van der Waals surface area contributed by atoms with Crippen LogP contribution in [0.5, 0.6) is 0 Å².